The number of anilines is 1. The summed E-state index contributed by atoms with van der Waals surface area (Å²) in [6, 6.07) is 0.577. The number of piperazine rings is 1. The largest absolute Gasteiger partial charge is 0.347 e. The lowest BCUT2D eigenvalue weighted by molar-refractivity contribution is 0.116. The highest BCUT2D eigenvalue weighted by molar-refractivity contribution is 7.99. The number of halogens is 2. The van der Waals surface area contributed by atoms with E-state index in [0.29, 0.717) is 27.3 Å². The molecule has 0 radical (unpaired) electrons. The fourth-order valence-corrected chi connectivity index (χ4v) is 5.66. The fourth-order valence-electron chi connectivity index (χ4n) is 4.11. The molecule has 4 nitrogen and oxygen atoms in total. The molecule has 2 atom stereocenters. The highest BCUT2D eigenvalue weighted by atomic mass is 35.5. The molecule has 1 saturated heterocycles. The summed E-state index contributed by atoms with van der Waals surface area (Å²) in [6.45, 7) is 9.93. The van der Waals surface area contributed by atoms with E-state index in [9.17, 15) is 0 Å². The molecule has 25 heavy (non-hydrogen) atoms. The second kappa shape index (κ2) is 5.89. The van der Waals surface area contributed by atoms with Crippen molar-refractivity contribution in [2.75, 3.05) is 37.8 Å². The smallest absolute Gasteiger partial charge is 0.142 e. The predicted octanol–water partition coefficient (Wildman–Crippen LogP) is 3.57. The van der Waals surface area contributed by atoms with E-state index in [-0.39, 0.29) is 11.9 Å². The Kier molecular flexibility index (Phi) is 4.05. The third-order valence-electron chi connectivity index (χ3n) is 5.34. The molecular formula is C18H22ClFN4S. The number of benzene rings is 1. The summed E-state index contributed by atoms with van der Waals surface area (Å²) in [5.41, 5.74) is 2.14. The number of nitrogens with zero attached hydrogens (tertiary/aromatic N) is 4. The van der Waals surface area contributed by atoms with E-state index in [0.717, 1.165) is 35.9 Å². The van der Waals surface area contributed by atoms with Crippen molar-refractivity contribution in [1.82, 2.24) is 9.80 Å². The summed E-state index contributed by atoms with van der Waals surface area (Å²) < 4.78 is 15.1. The summed E-state index contributed by atoms with van der Waals surface area (Å²) in [6.07, 6.45) is 0. The molecule has 0 amide bonds. The Morgan fingerprint density at radius 3 is 2.76 bits per heavy atom. The van der Waals surface area contributed by atoms with Crippen LogP contribution in [0, 0.1) is 12.7 Å². The van der Waals surface area contributed by atoms with E-state index in [1.54, 1.807) is 18.7 Å². The third kappa shape index (κ3) is 2.41. The molecule has 4 rings (SSSR count). The maximum Gasteiger partial charge on any atom is 0.142 e. The van der Waals surface area contributed by atoms with Gasteiger partial charge >= 0.3 is 0 Å². The average Bonchev–Trinajstić information content (AvgIpc) is 2.70. The van der Waals surface area contributed by atoms with Crippen molar-refractivity contribution < 1.29 is 4.39 Å². The lowest BCUT2D eigenvalue weighted by Gasteiger charge is -2.46. The molecule has 0 N–H and O–H groups in total. The maximum absolute atomic E-state index is 15.1. The molecule has 3 heterocycles. The quantitative estimate of drug-likeness (QED) is 0.686. The van der Waals surface area contributed by atoms with Gasteiger partial charge in [-0.15, -0.1) is 11.8 Å². The molecule has 1 fully saturated rings. The van der Waals surface area contributed by atoms with Crippen LogP contribution in [0.2, 0.25) is 5.02 Å². The number of hydrogen-bond acceptors (Lipinski definition) is 5. The summed E-state index contributed by atoms with van der Waals surface area (Å²) in [4.78, 5) is 12.0. The molecule has 134 valence electrons. The first-order valence-electron chi connectivity index (χ1n) is 8.44. The van der Waals surface area contributed by atoms with Gasteiger partial charge in [-0.25, -0.2) is 9.38 Å². The van der Waals surface area contributed by atoms with Gasteiger partial charge in [0.15, 0.2) is 0 Å². The van der Waals surface area contributed by atoms with Gasteiger partial charge in [-0.1, -0.05) is 18.2 Å². The van der Waals surface area contributed by atoms with Crippen LogP contribution >= 0.6 is 23.4 Å². The Morgan fingerprint density at radius 2 is 2.04 bits per heavy atom. The zero-order valence-corrected chi connectivity index (χ0v) is 16.5. The third-order valence-corrected chi connectivity index (χ3v) is 7.03. The van der Waals surface area contributed by atoms with Crippen molar-refractivity contribution in [2.24, 2.45) is 4.99 Å². The molecule has 0 aliphatic carbocycles. The van der Waals surface area contributed by atoms with Crippen LogP contribution in [0.4, 0.5) is 10.1 Å². The Labute approximate surface area is 157 Å². The van der Waals surface area contributed by atoms with E-state index in [4.69, 9.17) is 16.6 Å². The Balaban J connectivity index is 2.00. The molecule has 0 spiro atoms. The van der Waals surface area contributed by atoms with E-state index in [1.807, 2.05) is 11.9 Å². The number of amidine groups is 1. The first-order chi connectivity index (χ1) is 11.8. The van der Waals surface area contributed by atoms with Crippen LogP contribution in [-0.4, -0.2) is 60.7 Å². The molecule has 1 aromatic rings. The first-order valence-corrected chi connectivity index (χ1v) is 9.80. The monoisotopic (exact) mass is 380 g/mol. The summed E-state index contributed by atoms with van der Waals surface area (Å²) in [5.74, 6) is 2.07. The average molecular weight is 381 g/mol. The molecule has 2 unspecified atom stereocenters. The van der Waals surface area contributed by atoms with Crippen LogP contribution in [0.3, 0.4) is 0 Å². The predicted molar refractivity (Wildman–Crippen MR) is 104 cm³/mol. The van der Waals surface area contributed by atoms with Gasteiger partial charge in [0.1, 0.15) is 17.5 Å². The van der Waals surface area contributed by atoms with Crippen LogP contribution in [0.25, 0.3) is 0 Å². The number of fused-ring (bicyclic) bond motifs is 2. The molecular weight excluding hydrogens is 359 g/mol. The summed E-state index contributed by atoms with van der Waals surface area (Å²) in [5, 5.41) is 0.452. The SMILES string of the molecule is C=C1N=C2c3c(c(F)c(C)c(Cl)c3N1C)SCC1CN(C)CC(C)N21. The van der Waals surface area contributed by atoms with Gasteiger partial charge in [0.25, 0.3) is 0 Å². The Bertz CT molecular complexity index is 809. The number of likely N-dealkylation sites (N-methyl/N-ethyl adjacent to an activating group) is 1. The van der Waals surface area contributed by atoms with Crippen molar-refractivity contribution in [3.05, 3.63) is 34.4 Å². The number of hydrogen-bond donors (Lipinski definition) is 0. The zero-order chi connectivity index (χ0) is 18.0. The summed E-state index contributed by atoms with van der Waals surface area (Å²) in [7, 11) is 4.03. The maximum atomic E-state index is 15.1. The minimum absolute atomic E-state index is 0.219. The molecule has 0 saturated carbocycles. The minimum atomic E-state index is -0.219. The first kappa shape index (κ1) is 17.2. The van der Waals surface area contributed by atoms with Crippen LogP contribution < -0.4 is 4.90 Å². The Morgan fingerprint density at radius 1 is 1.32 bits per heavy atom. The van der Waals surface area contributed by atoms with E-state index in [2.05, 4.69) is 30.4 Å². The summed E-state index contributed by atoms with van der Waals surface area (Å²) >= 11 is 8.15. The minimum Gasteiger partial charge on any atom is -0.347 e. The highest BCUT2D eigenvalue weighted by Crippen LogP contribution is 2.47. The molecule has 0 bridgehead atoms. The molecule has 0 aromatic heterocycles. The Hall–Kier alpha value is -1.24. The van der Waals surface area contributed by atoms with Gasteiger partial charge in [0, 0.05) is 37.5 Å². The van der Waals surface area contributed by atoms with Gasteiger partial charge in [0.05, 0.1) is 27.2 Å². The topological polar surface area (TPSA) is 22.1 Å². The van der Waals surface area contributed by atoms with Crippen molar-refractivity contribution in [2.45, 2.75) is 30.8 Å². The van der Waals surface area contributed by atoms with E-state index in [1.165, 1.54) is 0 Å². The molecule has 1 aromatic carbocycles. The standard InChI is InChI=1S/C18H22ClFN4S/c1-9-6-22(4)7-12-8-25-17-13-16(14(19)10(2)15(17)20)23(5)11(3)21-18(13)24(9)12/h9,12H,3,6-8H2,1-2,4-5H3. The number of aliphatic imine (C=N–C) groups is 1. The normalized spacial score (nSPS) is 26.2. The van der Waals surface area contributed by atoms with Gasteiger partial charge in [-0.3, -0.25) is 0 Å². The second-order valence-electron chi connectivity index (χ2n) is 7.16. The highest BCUT2D eigenvalue weighted by Gasteiger charge is 2.41. The van der Waals surface area contributed by atoms with Crippen molar-refractivity contribution in [3.63, 3.8) is 0 Å². The van der Waals surface area contributed by atoms with Crippen molar-refractivity contribution in [3.8, 4) is 0 Å². The lowest BCUT2D eigenvalue weighted by Crippen LogP contribution is -2.59. The molecule has 3 aliphatic heterocycles. The zero-order valence-electron chi connectivity index (χ0n) is 14.9. The van der Waals surface area contributed by atoms with Crippen LogP contribution in [0.5, 0.6) is 0 Å². The lowest BCUT2D eigenvalue weighted by atomic mass is 10.0. The molecule has 3 aliphatic rings. The van der Waals surface area contributed by atoms with Gasteiger partial charge in [-0.05, 0) is 20.9 Å². The molecule has 7 heteroatoms. The number of rotatable bonds is 0. The van der Waals surface area contributed by atoms with Crippen molar-refractivity contribution >= 4 is 34.9 Å². The van der Waals surface area contributed by atoms with Gasteiger partial charge < -0.3 is 14.7 Å². The van der Waals surface area contributed by atoms with E-state index >= 15 is 4.39 Å². The van der Waals surface area contributed by atoms with Gasteiger partial charge in [0.2, 0.25) is 0 Å². The van der Waals surface area contributed by atoms with Crippen LogP contribution in [-0.2, 0) is 0 Å². The van der Waals surface area contributed by atoms with Crippen LogP contribution in [0.15, 0.2) is 22.3 Å². The van der Waals surface area contributed by atoms with E-state index < -0.39 is 0 Å². The van der Waals surface area contributed by atoms with Gasteiger partial charge in [-0.2, -0.15) is 0 Å². The van der Waals surface area contributed by atoms with Crippen molar-refractivity contribution in [1.29, 1.82) is 0 Å². The number of thioether (sulfide) groups is 1. The van der Waals surface area contributed by atoms with Crippen LogP contribution in [0.1, 0.15) is 18.1 Å². The fraction of sp³-hybridized carbons (Fsp3) is 0.500. The second-order valence-corrected chi connectivity index (χ2v) is 8.57.